The Morgan fingerprint density at radius 1 is 1.17 bits per heavy atom. The molecule has 30 heavy (non-hydrogen) atoms. The first kappa shape index (κ1) is 23.8. The Hall–Kier alpha value is -2.44. The number of nitrogens with zero attached hydrogens (tertiary/aromatic N) is 2. The van der Waals surface area contributed by atoms with Crippen LogP contribution in [0.15, 0.2) is 34.0 Å². The van der Waals surface area contributed by atoms with Crippen LogP contribution in [0.1, 0.15) is 70.0 Å². The van der Waals surface area contributed by atoms with Crippen LogP contribution in [0.5, 0.6) is 0 Å². The highest BCUT2D eigenvalue weighted by Gasteiger charge is 2.31. The molecule has 2 heterocycles. The molecule has 0 radical (unpaired) electrons. The van der Waals surface area contributed by atoms with Gasteiger partial charge in [0.2, 0.25) is 0 Å². The molecule has 0 spiro atoms. The van der Waals surface area contributed by atoms with E-state index in [9.17, 15) is 13.4 Å². The van der Waals surface area contributed by atoms with Crippen LogP contribution in [0.25, 0.3) is 5.57 Å². The SMILES string of the molecule is C=C(C)C(=O)OCC/C(=C1\N=C(C)C(CC)=C1C)c1c(C)c(CC)c(C)n1B(F)F. The van der Waals surface area contributed by atoms with Crippen molar-refractivity contribution in [3.63, 3.8) is 0 Å². The molecule has 0 bridgehead atoms. The molecule has 0 amide bonds. The second-order valence-corrected chi connectivity index (χ2v) is 7.69. The molecule has 0 saturated carbocycles. The minimum absolute atomic E-state index is 0.0716. The lowest BCUT2D eigenvalue weighted by Crippen LogP contribution is -2.19. The Morgan fingerprint density at radius 3 is 2.27 bits per heavy atom. The third-order valence-corrected chi connectivity index (χ3v) is 5.78. The van der Waals surface area contributed by atoms with Gasteiger partial charge in [-0.1, -0.05) is 20.4 Å². The number of hydrogen-bond acceptors (Lipinski definition) is 3. The number of aromatic nitrogens is 1. The maximum atomic E-state index is 14.1. The zero-order chi connectivity index (χ0) is 22.7. The second kappa shape index (κ2) is 9.58. The molecule has 1 aromatic heterocycles. The van der Waals surface area contributed by atoms with Gasteiger partial charge in [-0.3, -0.25) is 13.6 Å². The fourth-order valence-corrected chi connectivity index (χ4v) is 4.31. The topological polar surface area (TPSA) is 43.6 Å². The lowest BCUT2D eigenvalue weighted by molar-refractivity contribution is -0.138. The van der Waals surface area contributed by atoms with Crippen molar-refractivity contribution in [2.75, 3.05) is 6.61 Å². The average Bonchev–Trinajstić information content (AvgIpc) is 3.10. The summed E-state index contributed by atoms with van der Waals surface area (Å²) >= 11 is 0. The molecule has 1 aliphatic rings. The van der Waals surface area contributed by atoms with E-state index in [0.29, 0.717) is 41.1 Å². The first-order valence-corrected chi connectivity index (χ1v) is 10.4. The van der Waals surface area contributed by atoms with Gasteiger partial charge in [0.25, 0.3) is 0 Å². The lowest BCUT2D eigenvalue weighted by atomic mass is 9.95. The number of allylic oxidation sites excluding steroid dienone is 2. The molecule has 1 aromatic rings. The van der Waals surface area contributed by atoms with Gasteiger partial charge in [-0.2, -0.15) is 0 Å². The molecule has 0 unspecified atom stereocenters. The van der Waals surface area contributed by atoms with Gasteiger partial charge in [-0.15, -0.1) is 0 Å². The third-order valence-electron chi connectivity index (χ3n) is 5.78. The maximum Gasteiger partial charge on any atom is 0.677 e. The van der Waals surface area contributed by atoms with Crippen LogP contribution in [0, 0.1) is 13.8 Å². The summed E-state index contributed by atoms with van der Waals surface area (Å²) in [4.78, 5) is 16.6. The Labute approximate surface area is 178 Å². The highest BCUT2D eigenvalue weighted by molar-refractivity contribution is 6.41. The Bertz CT molecular complexity index is 968. The molecule has 0 N–H and O–H groups in total. The molecule has 0 fully saturated rings. The van der Waals surface area contributed by atoms with Gasteiger partial charge < -0.3 is 9.21 Å². The molecular formula is C23H31BF2N2O2. The van der Waals surface area contributed by atoms with Crippen molar-refractivity contribution < 1.29 is 18.2 Å². The fraction of sp³-hybridized carbons (Fsp3) is 0.478. The van der Waals surface area contributed by atoms with Crippen LogP contribution in [0.2, 0.25) is 0 Å². The Balaban J connectivity index is 2.71. The summed E-state index contributed by atoms with van der Waals surface area (Å²) in [5.41, 5.74) is 7.51. The van der Waals surface area contributed by atoms with Crippen molar-refractivity contribution in [1.29, 1.82) is 0 Å². The minimum Gasteiger partial charge on any atom is -0.462 e. The molecule has 0 saturated heterocycles. The molecule has 4 nitrogen and oxygen atoms in total. The van der Waals surface area contributed by atoms with Gasteiger partial charge in [0.15, 0.2) is 0 Å². The van der Waals surface area contributed by atoms with Crippen LogP contribution < -0.4 is 0 Å². The molecule has 0 aromatic carbocycles. The predicted molar refractivity (Wildman–Crippen MR) is 120 cm³/mol. The van der Waals surface area contributed by atoms with Crippen LogP contribution >= 0.6 is 0 Å². The van der Waals surface area contributed by atoms with E-state index in [0.717, 1.165) is 38.9 Å². The van der Waals surface area contributed by atoms with E-state index in [1.165, 1.54) is 0 Å². The van der Waals surface area contributed by atoms with Crippen molar-refractivity contribution in [2.24, 2.45) is 4.99 Å². The predicted octanol–water partition coefficient (Wildman–Crippen LogP) is 5.86. The van der Waals surface area contributed by atoms with E-state index < -0.39 is 13.4 Å². The van der Waals surface area contributed by atoms with Gasteiger partial charge in [-0.25, -0.2) is 4.79 Å². The third kappa shape index (κ3) is 4.35. The average molecular weight is 416 g/mol. The maximum absolute atomic E-state index is 14.1. The number of carbonyl (C=O) groups is 1. The van der Waals surface area contributed by atoms with Crippen molar-refractivity contribution in [3.05, 3.63) is 51.5 Å². The van der Waals surface area contributed by atoms with E-state index in [1.807, 2.05) is 27.7 Å². The molecular weight excluding hydrogens is 385 g/mol. The number of carbonyl (C=O) groups excluding carboxylic acids is 1. The highest BCUT2D eigenvalue weighted by atomic mass is 19.2. The number of halogens is 2. The highest BCUT2D eigenvalue weighted by Crippen LogP contribution is 2.38. The van der Waals surface area contributed by atoms with Gasteiger partial charge >= 0.3 is 13.4 Å². The standard InChI is InChI=1S/C23H31BF2N2O2/c1-9-18-14(5)21(27-16(18)7)20(11-12-30-23(29)13(3)4)22-15(6)19(10-2)17(8)28(22)24(25)26/h3,9-12H2,1-2,4-8H3/b21-20+. The van der Waals surface area contributed by atoms with Crippen molar-refractivity contribution in [2.45, 2.75) is 67.7 Å². The largest absolute Gasteiger partial charge is 0.677 e. The second-order valence-electron chi connectivity index (χ2n) is 7.69. The van der Waals surface area contributed by atoms with Gasteiger partial charge in [0.1, 0.15) is 0 Å². The smallest absolute Gasteiger partial charge is 0.462 e. The molecule has 0 aliphatic carbocycles. The van der Waals surface area contributed by atoms with Crippen LogP contribution in [0.3, 0.4) is 0 Å². The Morgan fingerprint density at radius 2 is 1.80 bits per heavy atom. The van der Waals surface area contributed by atoms with E-state index in [2.05, 4.69) is 13.5 Å². The molecule has 0 atom stereocenters. The van der Waals surface area contributed by atoms with Crippen LogP contribution in [-0.4, -0.2) is 30.2 Å². The first-order chi connectivity index (χ1) is 14.1. The summed E-state index contributed by atoms with van der Waals surface area (Å²) in [6, 6.07) is 0. The molecule has 1 aliphatic heterocycles. The zero-order valence-electron chi connectivity index (χ0n) is 19.1. The number of esters is 1. The van der Waals surface area contributed by atoms with E-state index >= 15 is 0 Å². The van der Waals surface area contributed by atoms with Gasteiger partial charge in [-0.05, 0) is 69.7 Å². The number of rotatable bonds is 8. The van der Waals surface area contributed by atoms with Crippen molar-refractivity contribution in [3.8, 4) is 0 Å². The zero-order valence-corrected chi connectivity index (χ0v) is 19.1. The quantitative estimate of drug-likeness (QED) is 0.303. The van der Waals surface area contributed by atoms with E-state index in [4.69, 9.17) is 9.73 Å². The van der Waals surface area contributed by atoms with Crippen LogP contribution in [0.4, 0.5) is 8.63 Å². The normalized spacial score (nSPS) is 15.4. The van der Waals surface area contributed by atoms with Gasteiger partial charge in [0, 0.05) is 34.7 Å². The number of hydrogen-bond donors (Lipinski definition) is 0. The summed E-state index contributed by atoms with van der Waals surface area (Å²) in [6.45, 7) is 16.8. The summed E-state index contributed by atoms with van der Waals surface area (Å²) < 4.78 is 34.7. The van der Waals surface area contributed by atoms with E-state index in [1.54, 1.807) is 13.8 Å². The summed E-state index contributed by atoms with van der Waals surface area (Å²) in [6.07, 6.45) is 1.77. The lowest BCUT2D eigenvalue weighted by Gasteiger charge is -2.16. The van der Waals surface area contributed by atoms with Crippen molar-refractivity contribution in [1.82, 2.24) is 4.48 Å². The summed E-state index contributed by atoms with van der Waals surface area (Å²) in [7, 11) is -2.67. The van der Waals surface area contributed by atoms with Gasteiger partial charge in [0.05, 0.1) is 12.3 Å². The number of aliphatic imine (C=N–C) groups is 1. The number of ether oxygens (including phenoxy) is 1. The summed E-state index contributed by atoms with van der Waals surface area (Å²) in [5, 5.41) is 0. The monoisotopic (exact) mass is 416 g/mol. The van der Waals surface area contributed by atoms with Crippen LogP contribution in [-0.2, 0) is 16.0 Å². The van der Waals surface area contributed by atoms with Crippen molar-refractivity contribution >= 4 is 24.7 Å². The first-order valence-electron chi connectivity index (χ1n) is 10.4. The molecule has 2 rings (SSSR count). The molecule has 7 heteroatoms. The fourth-order valence-electron chi connectivity index (χ4n) is 4.31. The molecule has 162 valence electrons. The summed E-state index contributed by atoms with van der Waals surface area (Å²) in [5.74, 6) is -0.488. The Kier molecular flexibility index (Phi) is 7.62. The van der Waals surface area contributed by atoms with E-state index in [-0.39, 0.29) is 6.61 Å². The minimum atomic E-state index is -2.67.